The van der Waals surface area contributed by atoms with Crippen molar-refractivity contribution in [3.8, 4) is 0 Å². The zero-order valence-corrected chi connectivity index (χ0v) is 11.8. The number of carbonyl (C=O) groups is 1. The van der Waals surface area contributed by atoms with Crippen LogP contribution in [0, 0.1) is 0 Å². The standard InChI is InChI=1S/C17H17N3O/c1-2-11-3-6-14(7-4-11)19-17(21)16-10-12-9-13(18)5-8-15(12)20-16/h3-10,20H,2,18H2,1H3,(H,19,21). The third-order valence-corrected chi connectivity index (χ3v) is 3.51. The van der Waals surface area contributed by atoms with Crippen molar-refractivity contribution in [2.24, 2.45) is 0 Å². The van der Waals surface area contributed by atoms with E-state index in [2.05, 4.69) is 17.2 Å². The minimum absolute atomic E-state index is 0.158. The van der Waals surface area contributed by atoms with Crippen LogP contribution in [0.5, 0.6) is 0 Å². The van der Waals surface area contributed by atoms with Gasteiger partial charge in [0, 0.05) is 22.3 Å². The molecule has 1 heterocycles. The third kappa shape index (κ3) is 2.74. The predicted octanol–water partition coefficient (Wildman–Crippen LogP) is 3.56. The molecule has 21 heavy (non-hydrogen) atoms. The van der Waals surface area contributed by atoms with Gasteiger partial charge in [0.05, 0.1) is 0 Å². The molecule has 4 N–H and O–H groups in total. The van der Waals surface area contributed by atoms with E-state index < -0.39 is 0 Å². The first-order chi connectivity index (χ1) is 10.2. The number of fused-ring (bicyclic) bond motifs is 1. The second-order valence-electron chi connectivity index (χ2n) is 5.03. The molecule has 0 saturated heterocycles. The maximum Gasteiger partial charge on any atom is 0.272 e. The van der Waals surface area contributed by atoms with Crippen LogP contribution in [0.2, 0.25) is 0 Å². The number of benzene rings is 2. The summed E-state index contributed by atoms with van der Waals surface area (Å²) in [5.74, 6) is -0.158. The Morgan fingerprint density at radius 2 is 1.90 bits per heavy atom. The van der Waals surface area contributed by atoms with Crippen molar-refractivity contribution in [2.45, 2.75) is 13.3 Å². The molecular formula is C17H17N3O. The smallest absolute Gasteiger partial charge is 0.272 e. The number of carbonyl (C=O) groups excluding carboxylic acids is 1. The van der Waals surface area contributed by atoms with E-state index in [0.717, 1.165) is 23.0 Å². The molecule has 0 radical (unpaired) electrons. The number of hydrogen-bond acceptors (Lipinski definition) is 2. The molecule has 0 atom stereocenters. The van der Waals surface area contributed by atoms with Gasteiger partial charge in [0.15, 0.2) is 0 Å². The first kappa shape index (κ1) is 13.2. The van der Waals surface area contributed by atoms with E-state index >= 15 is 0 Å². The van der Waals surface area contributed by atoms with Crippen molar-refractivity contribution < 1.29 is 4.79 Å². The second-order valence-corrected chi connectivity index (χ2v) is 5.03. The summed E-state index contributed by atoms with van der Waals surface area (Å²) in [6.45, 7) is 2.10. The SMILES string of the molecule is CCc1ccc(NC(=O)c2cc3cc(N)ccc3[nH]2)cc1. The largest absolute Gasteiger partial charge is 0.399 e. The summed E-state index contributed by atoms with van der Waals surface area (Å²) < 4.78 is 0. The quantitative estimate of drug-likeness (QED) is 0.641. The fraction of sp³-hybridized carbons (Fsp3) is 0.118. The van der Waals surface area contributed by atoms with Crippen LogP contribution in [0.1, 0.15) is 23.0 Å². The topological polar surface area (TPSA) is 70.9 Å². The number of aromatic nitrogens is 1. The molecule has 0 saturated carbocycles. The van der Waals surface area contributed by atoms with Crippen LogP contribution in [0.4, 0.5) is 11.4 Å². The number of anilines is 2. The lowest BCUT2D eigenvalue weighted by Crippen LogP contribution is -2.12. The van der Waals surface area contributed by atoms with Crippen molar-refractivity contribution in [1.82, 2.24) is 4.98 Å². The molecule has 0 bridgehead atoms. The average molecular weight is 279 g/mol. The number of hydrogen-bond donors (Lipinski definition) is 3. The van der Waals surface area contributed by atoms with Gasteiger partial charge in [-0.3, -0.25) is 4.79 Å². The minimum Gasteiger partial charge on any atom is -0.399 e. The molecule has 0 spiro atoms. The molecular weight excluding hydrogens is 262 g/mol. The zero-order valence-electron chi connectivity index (χ0n) is 11.8. The number of nitrogens with one attached hydrogen (secondary N) is 2. The summed E-state index contributed by atoms with van der Waals surface area (Å²) >= 11 is 0. The van der Waals surface area contributed by atoms with Gasteiger partial charge in [-0.25, -0.2) is 0 Å². The Morgan fingerprint density at radius 3 is 2.62 bits per heavy atom. The highest BCUT2D eigenvalue weighted by Gasteiger charge is 2.10. The van der Waals surface area contributed by atoms with Gasteiger partial charge in [-0.15, -0.1) is 0 Å². The van der Waals surface area contributed by atoms with Crippen molar-refractivity contribution in [2.75, 3.05) is 11.1 Å². The van der Waals surface area contributed by atoms with Gasteiger partial charge in [0.2, 0.25) is 0 Å². The number of H-pyrrole nitrogens is 1. The van der Waals surface area contributed by atoms with Crippen LogP contribution in [0.15, 0.2) is 48.5 Å². The molecule has 1 amide bonds. The second kappa shape index (κ2) is 5.32. The van der Waals surface area contributed by atoms with Crippen LogP contribution < -0.4 is 11.1 Å². The van der Waals surface area contributed by atoms with E-state index in [9.17, 15) is 4.79 Å². The fourth-order valence-corrected chi connectivity index (χ4v) is 2.30. The normalized spacial score (nSPS) is 10.7. The highest BCUT2D eigenvalue weighted by Crippen LogP contribution is 2.19. The number of aromatic amines is 1. The first-order valence-electron chi connectivity index (χ1n) is 6.94. The summed E-state index contributed by atoms with van der Waals surface area (Å²) in [6, 6.07) is 15.2. The van der Waals surface area contributed by atoms with Gasteiger partial charge in [-0.2, -0.15) is 0 Å². The van der Waals surface area contributed by atoms with E-state index in [1.165, 1.54) is 5.56 Å². The number of amides is 1. The van der Waals surface area contributed by atoms with E-state index in [-0.39, 0.29) is 5.91 Å². The van der Waals surface area contributed by atoms with Gasteiger partial charge in [0.1, 0.15) is 5.69 Å². The Bertz CT molecular complexity index is 787. The molecule has 4 nitrogen and oxygen atoms in total. The molecule has 3 aromatic rings. The summed E-state index contributed by atoms with van der Waals surface area (Å²) in [6.07, 6.45) is 0.984. The highest BCUT2D eigenvalue weighted by molar-refractivity contribution is 6.06. The van der Waals surface area contributed by atoms with Crippen molar-refractivity contribution >= 4 is 28.2 Å². The number of aryl methyl sites for hydroxylation is 1. The average Bonchev–Trinajstić information content (AvgIpc) is 2.91. The minimum atomic E-state index is -0.158. The fourth-order valence-electron chi connectivity index (χ4n) is 2.30. The molecule has 3 rings (SSSR count). The monoisotopic (exact) mass is 279 g/mol. The zero-order chi connectivity index (χ0) is 14.8. The van der Waals surface area contributed by atoms with Gasteiger partial charge in [0.25, 0.3) is 5.91 Å². The van der Waals surface area contributed by atoms with Crippen LogP contribution in [-0.2, 0) is 6.42 Å². The molecule has 0 unspecified atom stereocenters. The van der Waals surface area contributed by atoms with Gasteiger partial charge < -0.3 is 16.0 Å². The lowest BCUT2D eigenvalue weighted by Gasteiger charge is -2.04. The third-order valence-electron chi connectivity index (χ3n) is 3.51. The highest BCUT2D eigenvalue weighted by atomic mass is 16.1. The van der Waals surface area contributed by atoms with E-state index in [1.807, 2.05) is 42.5 Å². The molecule has 0 aliphatic carbocycles. The van der Waals surface area contributed by atoms with Crippen molar-refractivity contribution in [1.29, 1.82) is 0 Å². The Morgan fingerprint density at radius 1 is 1.14 bits per heavy atom. The molecule has 2 aromatic carbocycles. The molecule has 0 aliphatic rings. The summed E-state index contributed by atoms with van der Waals surface area (Å²) in [5, 5.41) is 3.82. The number of rotatable bonds is 3. The van der Waals surface area contributed by atoms with Crippen molar-refractivity contribution in [3.63, 3.8) is 0 Å². The lowest BCUT2D eigenvalue weighted by atomic mass is 10.1. The van der Waals surface area contributed by atoms with Crippen LogP contribution in [0.25, 0.3) is 10.9 Å². The maximum atomic E-state index is 12.2. The number of nitrogens with two attached hydrogens (primary N) is 1. The Balaban J connectivity index is 1.82. The summed E-state index contributed by atoms with van der Waals surface area (Å²) in [7, 11) is 0. The first-order valence-corrected chi connectivity index (χ1v) is 6.94. The summed E-state index contributed by atoms with van der Waals surface area (Å²) in [4.78, 5) is 15.3. The van der Waals surface area contributed by atoms with Gasteiger partial charge >= 0.3 is 0 Å². The maximum absolute atomic E-state index is 12.2. The lowest BCUT2D eigenvalue weighted by molar-refractivity contribution is 0.102. The van der Waals surface area contributed by atoms with E-state index in [0.29, 0.717) is 11.4 Å². The van der Waals surface area contributed by atoms with E-state index in [4.69, 9.17) is 5.73 Å². The van der Waals surface area contributed by atoms with E-state index in [1.54, 1.807) is 6.07 Å². The van der Waals surface area contributed by atoms with Gasteiger partial charge in [-0.05, 0) is 48.4 Å². The Labute approximate surface area is 123 Å². The predicted molar refractivity (Wildman–Crippen MR) is 86.5 cm³/mol. The number of nitrogen functional groups attached to an aromatic ring is 1. The molecule has 106 valence electrons. The molecule has 0 fully saturated rings. The van der Waals surface area contributed by atoms with Gasteiger partial charge in [-0.1, -0.05) is 19.1 Å². The molecule has 1 aromatic heterocycles. The molecule has 0 aliphatic heterocycles. The van der Waals surface area contributed by atoms with Crippen LogP contribution >= 0.6 is 0 Å². The Kier molecular flexibility index (Phi) is 3.36. The summed E-state index contributed by atoms with van der Waals surface area (Å²) in [5.41, 5.74) is 9.88. The van der Waals surface area contributed by atoms with Crippen LogP contribution in [-0.4, -0.2) is 10.9 Å². The Hall–Kier alpha value is -2.75. The van der Waals surface area contributed by atoms with Crippen molar-refractivity contribution in [3.05, 3.63) is 59.8 Å². The molecule has 4 heteroatoms. The van der Waals surface area contributed by atoms with Crippen LogP contribution in [0.3, 0.4) is 0 Å².